The number of piperazine rings is 1. The Morgan fingerprint density at radius 3 is 2.44 bits per heavy atom. The van der Waals surface area contributed by atoms with Crippen LogP contribution in [-0.4, -0.2) is 76.6 Å². The predicted molar refractivity (Wildman–Crippen MR) is 96.8 cm³/mol. The molecular weight excluding hydrogens is 342 g/mol. The zero-order valence-corrected chi connectivity index (χ0v) is 15.3. The lowest BCUT2D eigenvalue weighted by molar-refractivity contribution is -0.122. The molecule has 0 aromatic heterocycles. The van der Waals surface area contributed by atoms with E-state index in [1.165, 1.54) is 0 Å². The van der Waals surface area contributed by atoms with Crippen LogP contribution in [0.25, 0.3) is 0 Å². The number of methoxy groups -OCH3 is 1. The second kappa shape index (κ2) is 7.61. The molecule has 2 heterocycles. The van der Waals surface area contributed by atoms with Gasteiger partial charge in [0.05, 0.1) is 25.2 Å². The molecule has 0 saturated carbocycles. The molecule has 0 radical (unpaired) electrons. The molecule has 0 spiro atoms. The Morgan fingerprint density at radius 1 is 1.20 bits per heavy atom. The van der Waals surface area contributed by atoms with Crippen molar-refractivity contribution in [1.29, 1.82) is 0 Å². The summed E-state index contributed by atoms with van der Waals surface area (Å²) in [4.78, 5) is 16.5. The van der Waals surface area contributed by atoms with Crippen LogP contribution < -0.4 is 15.0 Å². The zero-order chi connectivity index (χ0) is 17.9. The molecule has 0 aliphatic carbocycles. The van der Waals surface area contributed by atoms with E-state index in [0.29, 0.717) is 13.0 Å². The van der Waals surface area contributed by atoms with Gasteiger partial charge in [-0.2, -0.15) is 0 Å². The third kappa shape index (κ3) is 4.85. The molecule has 2 aliphatic rings. The Hall–Kier alpha value is -1.80. The van der Waals surface area contributed by atoms with Crippen LogP contribution in [0, 0.1) is 0 Å². The first-order valence-electron chi connectivity index (χ1n) is 8.56. The smallest absolute Gasteiger partial charge is 0.234 e. The average molecular weight is 367 g/mol. The minimum atomic E-state index is -2.96. The minimum absolute atomic E-state index is 0.0734. The second-order valence-electron chi connectivity index (χ2n) is 6.63. The number of nitrogens with zero attached hydrogens (tertiary/aromatic N) is 2. The van der Waals surface area contributed by atoms with E-state index in [1.54, 1.807) is 7.11 Å². The number of amides is 1. The fraction of sp³-hybridized carbons (Fsp3) is 0.588. The van der Waals surface area contributed by atoms with Crippen molar-refractivity contribution in [3.05, 3.63) is 24.3 Å². The van der Waals surface area contributed by atoms with Gasteiger partial charge in [-0.3, -0.25) is 9.69 Å². The maximum Gasteiger partial charge on any atom is 0.234 e. The van der Waals surface area contributed by atoms with Crippen LogP contribution >= 0.6 is 0 Å². The minimum Gasteiger partial charge on any atom is -0.497 e. The number of sulfone groups is 1. The van der Waals surface area contributed by atoms with Crippen molar-refractivity contribution in [1.82, 2.24) is 10.2 Å². The van der Waals surface area contributed by atoms with Gasteiger partial charge in [0, 0.05) is 37.9 Å². The number of anilines is 1. The van der Waals surface area contributed by atoms with Crippen molar-refractivity contribution in [3.63, 3.8) is 0 Å². The van der Waals surface area contributed by atoms with Crippen molar-refractivity contribution < 1.29 is 17.9 Å². The molecule has 0 bridgehead atoms. The average Bonchev–Trinajstić information content (AvgIpc) is 2.94. The largest absolute Gasteiger partial charge is 0.497 e. The molecule has 25 heavy (non-hydrogen) atoms. The summed E-state index contributed by atoms with van der Waals surface area (Å²) in [7, 11) is -1.31. The Bertz CT molecular complexity index is 697. The number of hydrogen-bond acceptors (Lipinski definition) is 6. The number of benzene rings is 1. The van der Waals surface area contributed by atoms with E-state index >= 15 is 0 Å². The van der Waals surface area contributed by atoms with Crippen molar-refractivity contribution in [2.45, 2.75) is 12.5 Å². The van der Waals surface area contributed by atoms with E-state index in [-0.39, 0.29) is 23.5 Å². The maximum absolute atomic E-state index is 12.1. The van der Waals surface area contributed by atoms with Gasteiger partial charge in [-0.15, -0.1) is 0 Å². The number of carbonyl (C=O) groups is 1. The topological polar surface area (TPSA) is 79.0 Å². The van der Waals surface area contributed by atoms with E-state index < -0.39 is 9.84 Å². The van der Waals surface area contributed by atoms with Crippen LogP contribution in [0.3, 0.4) is 0 Å². The molecule has 2 saturated heterocycles. The Morgan fingerprint density at radius 2 is 1.88 bits per heavy atom. The molecule has 2 fully saturated rings. The van der Waals surface area contributed by atoms with Gasteiger partial charge in [-0.1, -0.05) is 0 Å². The highest BCUT2D eigenvalue weighted by atomic mass is 32.2. The van der Waals surface area contributed by atoms with Crippen LogP contribution in [0.2, 0.25) is 0 Å². The monoisotopic (exact) mass is 367 g/mol. The lowest BCUT2D eigenvalue weighted by Gasteiger charge is -2.35. The van der Waals surface area contributed by atoms with E-state index in [9.17, 15) is 13.2 Å². The number of rotatable bonds is 5. The molecule has 2 aliphatic heterocycles. The van der Waals surface area contributed by atoms with Gasteiger partial charge in [0.2, 0.25) is 5.91 Å². The maximum atomic E-state index is 12.1. The van der Waals surface area contributed by atoms with Crippen molar-refractivity contribution in [2.24, 2.45) is 0 Å². The number of ether oxygens (including phenoxy) is 1. The molecule has 1 aromatic carbocycles. The quantitative estimate of drug-likeness (QED) is 0.796. The fourth-order valence-corrected chi connectivity index (χ4v) is 5.02. The normalized spacial score (nSPS) is 23.4. The molecular formula is C17H25N3O4S. The third-order valence-corrected chi connectivity index (χ3v) is 6.54. The first-order chi connectivity index (χ1) is 11.9. The summed E-state index contributed by atoms with van der Waals surface area (Å²) in [5.74, 6) is 1.01. The van der Waals surface area contributed by atoms with Crippen LogP contribution in [0.5, 0.6) is 5.75 Å². The second-order valence-corrected chi connectivity index (χ2v) is 8.86. The predicted octanol–water partition coefficient (Wildman–Crippen LogP) is 0.121. The van der Waals surface area contributed by atoms with Crippen LogP contribution in [-0.2, 0) is 14.6 Å². The summed E-state index contributed by atoms with van der Waals surface area (Å²) in [5.41, 5.74) is 1.15. The summed E-state index contributed by atoms with van der Waals surface area (Å²) in [6.07, 6.45) is 0.527. The lowest BCUT2D eigenvalue weighted by atomic mass is 10.2. The zero-order valence-electron chi connectivity index (χ0n) is 14.5. The number of carbonyl (C=O) groups excluding carboxylic acids is 1. The van der Waals surface area contributed by atoms with Crippen molar-refractivity contribution in [2.75, 3.05) is 56.2 Å². The highest BCUT2D eigenvalue weighted by Gasteiger charge is 2.29. The van der Waals surface area contributed by atoms with E-state index in [2.05, 4.69) is 15.1 Å². The molecule has 3 rings (SSSR count). The summed E-state index contributed by atoms with van der Waals surface area (Å²) in [5, 5.41) is 2.85. The molecule has 8 heteroatoms. The Balaban J connectivity index is 1.43. The van der Waals surface area contributed by atoms with E-state index in [1.807, 2.05) is 24.3 Å². The van der Waals surface area contributed by atoms with Crippen LogP contribution in [0.4, 0.5) is 5.69 Å². The van der Waals surface area contributed by atoms with Crippen molar-refractivity contribution >= 4 is 21.4 Å². The highest BCUT2D eigenvalue weighted by Crippen LogP contribution is 2.20. The SMILES string of the molecule is COc1ccc(N2CCN(CC(=O)N[C@H]3CCS(=O)(=O)C3)CC2)cc1. The van der Waals surface area contributed by atoms with Gasteiger partial charge >= 0.3 is 0 Å². The molecule has 1 atom stereocenters. The van der Waals surface area contributed by atoms with E-state index in [4.69, 9.17) is 4.74 Å². The standard InChI is InChI=1S/C17H25N3O4S/c1-24-16-4-2-15(3-5-16)20-9-7-19(8-10-20)12-17(21)18-14-6-11-25(22,23)13-14/h2-5,14H,6-13H2,1H3,(H,18,21)/t14-/m0/s1. The van der Waals surface area contributed by atoms with Gasteiger partial charge in [-0.25, -0.2) is 8.42 Å². The Labute approximate surface area is 148 Å². The Kier molecular flexibility index (Phi) is 5.48. The molecule has 7 nitrogen and oxygen atoms in total. The molecule has 1 N–H and O–H groups in total. The third-order valence-electron chi connectivity index (χ3n) is 4.77. The molecule has 0 unspecified atom stereocenters. The van der Waals surface area contributed by atoms with Gasteiger partial charge in [0.25, 0.3) is 0 Å². The first-order valence-corrected chi connectivity index (χ1v) is 10.4. The highest BCUT2D eigenvalue weighted by molar-refractivity contribution is 7.91. The summed E-state index contributed by atoms with van der Waals surface area (Å²) < 4.78 is 28.1. The van der Waals surface area contributed by atoms with Gasteiger partial charge in [0.1, 0.15) is 5.75 Å². The first kappa shape index (κ1) is 18.0. The molecule has 138 valence electrons. The van der Waals surface area contributed by atoms with Gasteiger partial charge in [-0.05, 0) is 30.7 Å². The number of nitrogens with one attached hydrogen (secondary N) is 1. The molecule has 1 amide bonds. The van der Waals surface area contributed by atoms with Crippen LogP contribution in [0.15, 0.2) is 24.3 Å². The summed E-state index contributed by atoms with van der Waals surface area (Å²) in [6, 6.07) is 7.76. The van der Waals surface area contributed by atoms with Gasteiger partial charge in [0.15, 0.2) is 9.84 Å². The lowest BCUT2D eigenvalue weighted by Crippen LogP contribution is -2.50. The fourth-order valence-electron chi connectivity index (χ4n) is 3.34. The number of hydrogen-bond donors (Lipinski definition) is 1. The molecule has 1 aromatic rings. The summed E-state index contributed by atoms with van der Waals surface area (Å²) in [6.45, 7) is 3.66. The van der Waals surface area contributed by atoms with E-state index in [0.717, 1.165) is 37.6 Å². The van der Waals surface area contributed by atoms with Crippen molar-refractivity contribution in [3.8, 4) is 5.75 Å². The van der Waals surface area contributed by atoms with Gasteiger partial charge < -0.3 is 15.0 Å². The van der Waals surface area contributed by atoms with Crippen LogP contribution in [0.1, 0.15) is 6.42 Å². The summed E-state index contributed by atoms with van der Waals surface area (Å²) >= 11 is 0.